The molecule has 0 atom stereocenters. The molecule has 0 spiro atoms. The predicted molar refractivity (Wildman–Crippen MR) is 82.6 cm³/mol. The highest BCUT2D eigenvalue weighted by molar-refractivity contribution is 6.03. The highest BCUT2D eigenvalue weighted by atomic mass is 16.5. The topological polar surface area (TPSA) is 102 Å². The van der Waals surface area contributed by atoms with E-state index in [-0.39, 0.29) is 18.0 Å². The molecule has 0 aliphatic carbocycles. The number of hydrogen-bond donors (Lipinski definition) is 2. The summed E-state index contributed by atoms with van der Waals surface area (Å²) in [6, 6.07) is 6.83. The molecule has 0 radical (unpaired) electrons. The molecule has 0 saturated heterocycles. The normalized spacial score (nSPS) is 10.3. The number of carbonyl (C=O) groups excluding carboxylic acids is 1. The molecule has 0 aliphatic heterocycles. The number of aryl methyl sites for hydroxylation is 1. The monoisotopic (exact) mass is 318 g/mol. The van der Waals surface area contributed by atoms with E-state index in [4.69, 9.17) is 14.3 Å². The van der Waals surface area contributed by atoms with E-state index in [0.717, 1.165) is 0 Å². The molecule has 1 aromatic heterocycles. The molecule has 2 aromatic rings. The molecule has 7 heteroatoms. The van der Waals surface area contributed by atoms with Gasteiger partial charge in [-0.05, 0) is 30.7 Å². The fourth-order valence-electron chi connectivity index (χ4n) is 1.94. The number of benzene rings is 1. The van der Waals surface area contributed by atoms with Crippen molar-refractivity contribution in [3.05, 3.63) is 42.1 Å². The van der Waals surface area contributed by atoms with E-state index in [0.29, 0.717) is 36.6 Å². The van der Waals surface area contributed by atoms with Crippen molar-refractivity contribution in [3.8, 4) is 5.75 Å². The smallest absolute Gasteiger partial charge is 0.303 e. The Hall–Kier alpha value is -2.83. The number of aliphatic carboxylic acids is 1. The maximum atomic E-state index is 12.1. The zero-order valence-corrected chi connectivity index (χ0v) is 12.7. The first-order valence-electron chi connectivity index (χ1n) is 7.28. The fraction of sp³-hybridized carbons (Fsp3) is 0.312. The number of aromatic nitrogens is 1. The Bertz CT molecular complexity index is 663. The van der Waals surface area contributed by atoms with Crippen LogP contribution < -0.4 is 10.1 Å². The Morgan fingerprint density at radius 1 is 1.30 bits per heavy atom. The van der Waals surface area contributed by atoms with Crippen LogP contribution in [0.5, 0.6) is 5.75 Å². The highest BCUT2D eigenvalue weighted by Gasteiger charge is 2.15. The van der Waals surface area contributed by atoms with Gasteiger partial charge in [0.05, 0.1) is 6.61 Å². The minimum absolute atomic E-state index is 0.0750. The van der Waals surface area contributed by atoms with Crippen molar-refractivity contribution >= 4 is 17.6 Å². The largest absolute Gasteiger partial charge is 0.494 e. The second-order valence-electron chi connectivity index (χ2n) is 4.80. The van der Waals surface area contributed by atoms with Crippen molar-refractivity contribution in [3.63, 3.8) is 0 Å². The van der Waals surface area contributed by atoms with Crippen LogP contribution in [0.25, 0.3) is 0 Å². The van der Waals surface area contributed by atoms with Gasteiger partial charge in [0.1, 0.15) is 11.5 Å². The Kier molecular flexibility index (Phi) is 5.74. The molecule has 0 fully saturated rings. The standard InChI is InChI=1S/C16H18N2O5/c1-2-13-15(17-10-23-13)16(21)18-11-5-7-12(8-6-11)22-9-3-4-14(19)20/h5-8,10H,2-4,9H2,1H3,(H,18,21)(H,19,20). The van der Waals surface area contributed by atoms with Gasteiger partial charge in [-0.15, -0.1) is 0 Å². The molecule has 2 N–H and O–H groups in total. The number of hydrogen-bond acceptors (Lipinski definition) is 5. The van der Waals surface area contributed by atoms with Gasteiger partial charge in [0.25, 0.3) is 5.91 Å². The average molecular weight is 318 g/mol. The lowest BCUT2D eigenvalue weighted by Gasteiger charge is -2.07. The van der Waals surface area contributed by atoms with Crippen molar-refractivity contribution in [1.82, 2.24) is 4.98 Å². The third-order valence-electron chi connectivity index (χ3n) is 3.09. The van der Waals surface area contributed by atoms with Crippen molar-refractivity contribution in [2.45, 2.75) is 26.2 Å². The second kappa shape index (κ2) is 7.98. The summed E-state index contributed by atoms with van der Waals surface area (Å²) in [5, 5.41) is 11.3. The lowest BCUT2D eigenvalue weighted by molar-refractivity contribution is -0.137. The van der Waals surface area contributed by atoms with Gasteiger partial charge in [-0.2, -0.15) is 0 Å². The Morgan fingerprint density at radius 3 is 2.70 bits per heavy atom. The highest BCUT2D eigenvalue weighted by Crippen LogP contribution is 2.17. The van der Waals surface area contributed by atoms with E-state index in [9.17, 15) is 9.59 Å². The third-order valence-corrected chi connectivity index (χ3v) is 3.09. The van der Waals surface area contributed by atoms with Crippen LogP contribution in [-0.2, 0) is 11.2 Å². The molecular formula is C16H18N2O5. The number of carbonyl (C=O) groups is 2. The number of carboxylic acids is 1. The van der Waals surface area contributed by atoms with Crippen molar-refractivity contribution in [2.24, 2.45) is 0 Å². The molecule has 1 heterocycles. The van der Waals surface area contributed by atoms with Gasteiger partial charge >= 0.3 is 5.97 Å². The van der Waals surface area contributed by atoms with Crippen LogP contribution in [0.4, 0.5) is 5.69 Å². The van der Waals surface area contributed by atoms with Crippen LogP contribution in [0.3, 0.4) is 0 Å². The summed E-state index contributed by atoms with van der Waals surface area (Å²) in [5.41, 5.74) is 0.888. The number of nitrogens with one attached hydrogen (secondary N) is 1. The number of nitrogens with zero attached hydrogens (tertiary/aromatic N) is 1. The molecule has 1 amide bonds. The predicted octanol–water partition coefficient (Wildman–Crippen LogP) is 2.73. The van der Waals surface area contributed by atoms with Crippen molar-refractivity contribution in [2.75, 3.05) is 11.9 Å². The summed E-state index contributed by atoms with van der Waals surface area (Å²) < 4.78 is 10.6. The van der Waals surface area contributed by atoms with E-state index < -0.39 is 5.97 Å². The minimum atomic E-state index is -0.842. The maximum Gasteiger partial charge on any atom is 0.303 e. The summed E-state index contributed by atoms with van der Waals surface area (Å²) in [6.07, 6.45) is 2.36. The van der Waals surface area contributed by atoms with E-state index in [1.807, 2.05) is 6.92 Å². The first kappa shape index (κ1) is 16.5. The van der Waals surface area contributed by atoms with Gasteiger partial charge in [-0.25, -0.2) is 4.98 Å². The molecule has 1 aromatic carbocycles. The number of ether oxygens (including phenoxy) is 1. The van der Waals surface area contributed by atoms with Crippen LogP contribution in [0, 0.1) is 0 Å². The Morgan fingerprint density at radius 2 is 2.04 bits per heavy atom. The second-order valence-corrected chi connectivity index (χ2v) is 4.80. The number of amides is 1. The Balaban J connectivity index is 1.87. The molecule has 7 nitrogen and oxygen atoms in total. The van der Waals surface area contributed by atoms with E-state index in [2.05, 4.69) is 10.3 Å². The summed E-state index contributed by atoms with van der Waals surface area (Å²) in [5.74, 6) is -0.0124. The van der Waals surface area contributed by atoms with Crippen LogP contribution in [-0.4, -0.2) is 28.6 Å². The van der Waals surface area contributed by atoms with Crippen molar-refractivity contribution in [1.29, 1.82) is 0 Å². The van der Waals surface area contributed by atoms with Crippen molar-refractivity contribution < 1.29 is 23.8 Å². The SMILES string of the molecule is CCc1ocnc1C(=O)Nc1ccc(OCCCC(=O)O)cc1. The third kappa shape index (κ3) is 4.84. The van der Waals surface area contributed by atoms with Gasteiger partial charge < -0.3 is 19.6 Å². The number of rotatable bonds is 8. The van der Waals surface area contributed by atoms with Crippen LogP contribution >= 0.6 is 0 Å². The summed E-state index contributed by atoms with van der Waals surface area (Å²) in [4.78, 5) is 26.4. The quantitative estimate of drug-likeness (QED) is 0.726. The van der Waals surface area contributed by atoms with Gasteiger partial charge in [-0.1, -0.05) is 6.92 Å². The zero-order valence-electron chi connectivity index (χ0n) is 12.7. The number of anilines is 1. The molecule has 122 valence electrons. The molecule has 2 rings (SSSR count). The van der Waals surface area contributed by atoms with Crippen LogP contribution in [0.15, 0.2) is 35.1 Å². The minimum Gasteiger partial charge on any atom is -0.494 e. The zero-order chi connectivity index (χ0) is 16.7. The number of carboxylic acid groups (broad SMARTS) is 1. The summed E-state index contributed by atoms with van der Waals surface area (Å²) >= 11 is 0. The van der Waals surface area contributed by atoms with Gasteiger partial charge in [0.15, 0.2) is 12.1 Å². The van der Waals surface area contributed by atoms with Gasteiger partial charge in [0.2, 0.25) is 0 Å². The number of oxazole rings is 1. The maximum absolute atomic E-state index is 12.1. The first-order valence-corrected chi connectivity index (χ1v) is 7.28. The Labute approximate surface area is 133 Å². The van der Waals surface area contributed by atoms with Gasteiger partial charge in [0, 0.05) is 18.5 Å². The van der Waals surface area contributed by atoms with Crippen LogP contribution in [0.1, 0.15) is 36.0 Å². The lowest BCUT2D eigenvalue weighted by atomic mass is 10.2. The molecule has 0 unspecified atom stereocenters. The van der Waals surface area contributed by atoms with E-state index in [1.54, 1.807) is 24.3 Å². The summed E-state index contributed by atoms with van der Waals surface area (Å²) in [6.45, 7) is 2.21. The molecule has 0 aliphatic rings. The van der Waals surface area contributed by atoms with Gasteiger partial charge in [-0.3, -0.25) is 9.59 Å². The molecule has 0 saturated carbocycles. The first-order chi connectivity index (χ1) is 11.1. The van der Waals surface area contributed by atoms with E-state index >= 15 is 0 Å². The molecular weight excluding hydrogens is 300 g/mol. The lowest BCUT2D eigenvalue weighted by Crippen LogP contribution is -2.14. The van der Waals surface area contributed by atoms with E-state index in [1.165, 1.54) is 6.39 Å². The van der Waals surface area contributed by atoms with Crippen LogP contribution in [0.2, 0.25) is 0 Å². The fourth-order valence-corrected chi connectivity index (χ4v) is 1.94. The summed E-state index contributed by atoms with van der Waals surface area (Å²) in [7, 11) is 0. The molecule has 0 bridgehead atoms. The molecule has 23 heavy (non-hydrogen) atoms. The average Bonchev–Trinajstić information content (AvgIpc) is 3.01.